The van der Waals surface area contributed by atoms with Crippen molar-refractivity contribution < 1.29 is 13.2 Å². The topological polar surface area (TPSA) is 72.6 Å². The first-order valence-electron chi connectivity index (χ1n) is 6.39. The second-order valence-electron chi connectivity index (χ2n) is 6.18. The van der Waals surface area contributed by atoms with E-state index < -0.39 is 10.0 Å². The number of nitrogens with zero attached hydrogens (tertiary/aromatic N) is 1. The van der Waals surface area contributed by atoms with Crippen LogP contribution in [-0.4, -0.2) is 33.4 Å². The van der Waals surface area contributed by atoms with E-state index >= 15 is 0 Å². The van der Waals surface area contributed by atoms with Gasteiger partial charge in [-0.2, -0.15) is 0 Å². The van der Waals surface area contributed by atoms with E-state index in [2.05, 4.69) is 0 Å². The average molecular weight is 300 g/mol. The smallest absolute Gasteiger partial charge is 0.246 e. The summed E-state index contributed by atoms with van der Waals surface area (Å²) >= 11 is 0. The van der Waals surface area contributed by atoms with Gasteiger partial charge in [0.15, 0.2) is 0 Å². The minimum Gasteiger partial charge on any atom is -0.495 e. The van der Waals surface area contributed by atoms with Crippen molar-refractivity contribution in [3.05, 3.63) is 17.7 Å². The van der Waals surface area contributed by atoms with Crippen molar-refractivity contribution in [1.29, 1.82) is 0 Å². The van der Waals surface area contributed by atoms with Crippen LogP contribution >= 0.6 is 0 Å². The molecule has 0 spiro atoms. The lowest BCUT2D eigenvalue weighted by atomic mass is 9.97. The van der Waals surface area contributed by atoms with E-state index in [-0.39, 0.29) is 10.3 Å². The number of benzene rings is 1. The average Bonchev–Trinajstić information content (AvgIpc) is 2.29. The van der Waals surface area contributed by atoms with Gasteiger partial charge < -0.3 is 10.5 Å². The number of nitrogen functional groups attached to an aromatic ring is 1. The van der Waals surface area contributed by atoms with Crippen LogP contribution in [0.4, 0.5) is 5.69 Å². The minimum atomic E-state index is -3.63. The summed E-state index contributed by atoms with van der Waals surface area (Å²) in [6.45, 7) is 8.18. The highest BCUT2D eigenvalue weighted by molar-refractivity contribution is 7.89. The fourth-order valence-electron chi connectivity index (χ4n) is 1.96. The van der Waals surface area contributed by atoms with Crippen molar-refractivity contribution in [3.8, 4) is 5.75 Å². The molecular formula is C14H24N2O3S. The zero-order chi connectivity index (χ0) is 15.7. The molecular weight excluding hydrogens is 276 g/mol. The highest BCUT2D eigenvalue weighted by Crippen LogP contribution is 2.31. The molecule has 0 atom stereocenters. The van der Waals surface area contributed by atoms with E-state index in [0.29, 0.717) is 18.0 Å². The van der Waals surface area contributed by atoms with Crippen LogP contribution in [-0.2, 0) is 10.0 Å². The van der Waals surface area contributed by atoms with Crippen molar-refractivity contribution >= 4 is 15.7 Å². The second kappa shape index (κ2) is 5.61. The third-order valence-electron chi connectivity index (χ3n) is 2.94. The number of anilines is 1. The number of aryl methyl sites for hydroxylation is 1. The summed E-state index contributed by atoms with van der Waals surface area (Å²) in [4.78, 5) is 0.106. The van der Waals surface area contributed by atoms with Gasteiger partial charge in [0.2, 0.25) is 10.0 Å². The van der Waals surface area contributed by atoms with Crippen LogP contribution in [0.25, 0.3) is 0 Å². The molecule has 0 aromatic heterocycles. The van der Waals surface area contributed by atoms with Gasteiger partial charge in [0.25, 0.3) is 0 Å². The maximum atomic E-state index is 12.6. The zero-order valence-electron chi connectivity index (χ0n) is 13.0. The molecule has 2 N–H and O–H groups in total. The van der Waals surface area contributed by atoms with Crippen molar-refractivity contribution in [2.75, 3.05) is 26.4 Å². The van der Waals surface area contributed by atoms with Gasteiger partial charge in [-0.1, -0.05) is 20.8 Å². The number of methoxy groups -OCH3 is 1. The third-order valence-corrected chi connectivity index (χ3v) is 4.76. The van der Waals surface area contributed by atoms with E-state index in [1.165, 1.54) is 17.5 Å². The largest absolute Gasteiger partial charge is 0.495 e. The Balaban J connectivity index is 3.32. The molecule has 0 saturated heterocycles. The summed E-state index contributed by atoms with van der Waals surface area (Å²) in [6, 6.07) is 3.11. The van der Waals surface area contributed by atoms with Crippen LogP contribution in [0.15, 0.2) is 17.0 Å². The van der Waals surface area contributed by atoms with Gasteiger partial charge in [-0.3, -0.25) is 0 Å². The molecule has 5 nitrogen and oxygen atoms in total. The third kappa shape index (κ3) is 3.64. The lowest BCUT2D eigenvalue weighted by Gasteiger charge is -2.26. The van der Waals surface area contributed by atoms with Crippen LogP contribution in [0.1, 0.15) is 26.3 Å². The number of ether oxygens (including phenoxy) is 1. The summed E-state index contributed by atoms with van der Waals surface area (Å²) in [5.41, 5.74) is 6.93. The Kier molecular flexibility index (Phi) is 4.71. The first-order valence-corrected chi connectivity index (χ1v) is 7.83. The molecule has 0 heterocycles. The Morgan fingerprint density at radius 2 is 1.85 bits per heavy atom. The van der Waals surface area contributed by atoms with E-state index in [1.807, 2.05) is 27.7 Å². The van der Waals surface area contributed by atoms with Crippen molar-refractivity contribution in [2.24, 2.45) is 5.41 Å². The van der Waals surface area contributed by atoms with Crippen LogP contribution in [0, 0.1) is 12.3 Å². The standard InChI is InChI=1S/C14H24N2O3S/c1-10-7-12(19-6)13(8-11(10)15)20(17,18)16(5)9-14(2,3)4/h7-8H,9,15H2,1-6H3. The molecule has 0 unspecified atom stereocenters. The first-order chi connectivity index (χ1) is 8.99. The Hall–Kier alpha value is -1.27. The van der Waals surface area contributed by atoms with Gasteiger partial charge in [-0.05, 0) is 30.0 Å². The molecule has 6 heteroatoms. The second-order valence-corrected chi connectivity index (χ2v) is 8.19. The van der Waals surface area contributed by atoms with E-state index in [0.717, 1.165) is 5.56 Å². The van der Waals surface area contributed by atoms with Crippen molar-refractivity contribution in [2.45, 2.75) is 32.6 Å². The maximum Gasteiger partial charge on any atom is 0.246 e. The van der Waals surface area contributed by atoms with Gasteiger partial charge in [-0.15, -0.1) is 0 Å². The Bertz CT molecular complexity index is 589. The number of hydrogen-bond donors (Lipinski definition) is 1. The lowest BCUT2D eigenvalue weighted by Crippen LogP contribution is -2.34. The number of nitrogens with two attached hydrogens (primary N) is 1. The number of sulfonamides is 1. The fraction of sp³-hybridized carbons (Fsp3) is 0.571. The van der Waals surface area contributed by atoms with Gasteiger partial charge in [0, 0.05) is 19.3 Å². The lowest BCUT2D eigenvalue weighted by molar-refractivity contribution is 0.309. The molecule has 0 radical (unpaired) electrons. The maximum absolute atomic E-state index is 12.6. The number of hydrogen-bond acceptors (Lipinski definition) is 4. The quantitative estimate of drug-likeness (QED) is 0.866. The summed E-state index contributed by atoms with van der Waals surface area (Å²) in [7, 11) is -0.608. The predicted molar refractivity (Wildman–Crippen MR) is 81.4 cm³/mol. The molecule has 0 aliphatic heterocycles. The van der Waals surface area contributed by atoms with E-state index in [4.69, 9.17) is 10.5 Å². The highest BCUT2D eigenvalue weighted by atomic mass is 32.2. The van der Waals surface area contributed by atoms with Crippen LogP contribution in [0.5, 0.6) is 5.75 Å². The Morgan fingerprint density at radius 1 is 1.30 bits per heavy atom. The molecule has 20 heavy (non-hydrogen) atoms. The van der Waals surface area contributed by atoms with Crippen molar-refractivity contribution in [1.82, 2.24) is 4.31 Å². The predicted octanol–water partition coefficient (Wildman–Crippen LogP) is 2.25. The highest BCUT2D eigenvalue weighted by Gasteiger charge is 2.28. The van der Waals surface area contributed by atoms with E-state index in [9.17, 15) is 8.42 Å². The molecule has 0 saturated carbocycles. The Labute approximate surface area is 121 Å². The SMILES string of the molecule is COc1cc(C)c(N)cc1S(=O)(=O)N(C)CC(C)(C)C. The van der Waals surface area contributed by atoms with Crippen LogP contribution in [0.2, 0.25) is 0 Å². The van der Waals surface area contributed by atoms with Crippen LogP contribution in [0.3, 0.4) is 0 Å². The van der Waals surface area contributed by atoms with Gasteiger partial charge in [0.1, 0.15) is 10.6 Å². The molecule has 0 fully saturated rings. The molecule has 1 rings (SSSR count). The Morgan fingerprint density at radius 3 is 2.30 bits per heavy atom. The molecule has 0 aliphatic rings. The molecule has 1 aromatic carbocycles. The molecule has 114 valence electrons. The summed E-state index contributed by atoms with van der Waals surface area (Å²) in [5.74, 6) is 0.317. The molecule has 0 bridgehead atoms. The van der Waals surface area contributed by atoms with E-state index in [1.54, 1.807) is 13.1 Å². The van der Waals surface area contributed by atoms with Crippen LogP contribution < -0.4 is 10.5 Å². The molecule has 0 amide bonds. The van der Waals surface area contributed by atoms with Gasteiger partial charge in [0.05, 0.1) is 7.11 Å². The zero-order valence-corrected chi connectivity index (χ0v) is 13.8. The van der Waals surface area contributed by atoms with Gasteiger partial charge >= 0.3 is 0 Å². The number of rotatable bonds is 4. The monoisotopic (exact) mass is 300 g/mol. The summed E-state index contributed by atoms with van der Waals surface area (Å²) in [5, 5.41) is 0. The minimum absolute atomic E-state index is 0.106. The van der Waals surface area contributed by atoms with Crippen molar-refractivity contribution in [3.63, 3.8) is 0 Å². The normalized spacial score (nSPS) is 12.8. The summed E-state index contributed by atoms with van der Waals surface area (Å²) < 4.78 is 31.8. The molecule has 1 aromatic rings. The van der Waals surface area contributed by atoms with Gasteiger partial charge in [-0.25, -0.2) is 12.7 Å². The first kappa shape index (κ1) is 16.8. The fourth-order valence-corrected chi connectivity index (χ4v) is 3.52. The molecule has 0 aliphatic carbocycles. The summed E-state index contributed by atoms with van der Waals surface area (Å²) in [6.07, 6.45) is 0.